The van der Waals surface area contributed by atoms with Gasteiger partial charge in [0.05, 0.1) is 27.2 Å². The summed E-state index contributed by atoms with van der Waals surface area (Å²) in [6, 6.07) is 0.939. The highest BCUT2D eigenvalue weighted by atomic mass is 127. The van der Waals surface area contributed by atoms with Crippen LogP contribution in [0.1, 0.15) is 32.1 Å². The van der Waals surface area contributed by atoms with Gasteiger partial charge in [0, 0.05) is 0 Å². The molecule has 0 aromatic rings. The summed E-state index contributed by atoms with van der Waals surface area (Å²) in [7, 11) is 6.95. The molecule has 0 aromatic carbocycles. The topological polar surface area (TPSA) is 0 Å². The first kappa shape index (κ1) is 11.7. The third kappa shape index (κ3) is 3.74. The summed E-state index contributed by atoms with van der Waals surface area (Å²) in [5.74, 6) is 0. The van der Waals surface area contributed by atoms with E-state index in [-0.39, 0.29) is 24.0 Å². The van der Waals surface area contributed by atoms with Crippen LogP contribution < -0.4 is 24.0 Å². The minimum atomic E-state index is 0. The summed E-state index contributed by atoms with van der Waals surface area (Å²) in [6.07, 6.45) is 7.28. The lowest BCUT2D eigenvalue weighted by atomic mass is 9.94. The highest BCUT2D eigenvalue weighted by Gasteiger charge is 2.24. The Bertz CT molecular complexity index is 101. The van der Waals surface area contributed by atoms with Crippen molar-refractivity contribution in [2.75, 3.05) is 21.1 Å². The van der Waals surface area contributed by atoms with E-state index in [9.17, 15) is 0 Å². The molecule has 1 aliphatic rings. The van der Waals surface area contributed by atoms with Gasteiger partial charge < -0.3 is 28.5 Å². The van der Waals surface area contributed by atoms with Crippen molar-refractivity contribution >= 4 is 0 Å². The van der Waals surface area contributed by atoms with Crippen LogP contribution in [-0.2, 0) is 0 Å². The molecule has 2 heteroatoms. The Kier molecular flexibility index (Phi) is 4.94. The van der Waals surface area contributed by atoms with Crippen LogP contribution in [0.4, 0.5) is 0 Å². The molecule has 1 nitrogen and oxygen atoms in total. The van der Waals surface area contributed by atoms with Gasteiger partial charge in [-0.2, -0.15) is 0 Å². The summed E-state index contributed by atoms with van der Waals surface area (Å²) in [4.78, 5) is 0. The maximum Gasteiger partial charge on any atom is 0.0884 e. The Hall–Kier alpha value is 0.690. The van der Waals surface area contributed by atoms with Gasteiger partial charge in [0.2, 0.25) is 0 Å². The van der Waals surface area contributed by atoms with E-state index in [0.717, 1.165) is 6.04 Å². The maximum absolute atomic E-state index is 2.32. The minimum Gasteiger partial charge on any atom is -1.00 e. The predicted molar refractivity (Wildman–Crippen MR) is 44.9 cm³/mol. The number of rotatable bonds is 1. The van der Waals surface area contributed by atoms with Crippen molar-refractivity contribution in [3.63, 3.8) is 0 Å². The zero-order valence-corrected chi connectivity index (χ0v) is 10.1. The molecule has 1 rings (SSSR count). The van der Waals surface area contributed by atoms with Crippen molar-refractivity contribution in [2.24, 2.45) is 0 Å². The second-order valence-corrected chi connectivity index (χ2v) is 4.41. The molecule has 1 saturated carbocycles. The standard InChI is InChI=1S/C9H20N.HI/c1-10(2,3)9-7-5-4-6-8-9;/h9H,4-8H2,1-3H3;1H/q+1;/p-1. The Balaban J connectivity index is 0.000001000. The van der Waals surface area contributed by atoms with Gasteiger partial charge in [-0.1, -0.05) is 6.42 Å². The first-order chi connectivity index (χ1) is 4.61. The molecule has 68 valence electrons. The molecule has 0 N–H and O–H groups in total. The highest BCUT2D eigenvalue weighted by Crippen LogP contribution is 2.23. The molecule has 1 fully saturated rings. The molecular formula is C9H20IN. The fourth-order valence-electron chi connectivity index (χ4n) is 1.86. The predicted octanol–water partition coefficient (Wildman–Crippen LogP) is -0.971. The molecule has 1 aliphatic carbocycles. The maximum atomic E-state index is 2.32. The molecule has 0 bridgehead atoms. The molecule has 0 aromatic heterocycles. The Morgan fingerprint density at radius 3 is 1.64 bits per heavy atom. The van der Waals surface area contributed by atoms with Gasteiger partial charge in [0.25, 0.3) is 0 Å². The van der Waals surface area contributed by atoms with Gasteiger partial charge >= 0.3 is 0 Å². The van der Waals surface area contributed by atoms with Gasteiger partial charge in [-0.15, -0.1) is 0 Å². The summed E-state index contributed by atoms with van der Waals surface area (Å²) in [6.45, 7) is 0. The molecule has 0 spiro atoms. The van der Waals surface area contributed by atoms with Crippen LogP contribution in [0, 0.1) is 0 Å². The van der Waals surface area contributed by atoms with E-state index >= 15 is 0 Å². The third-order valence-corrected chi connectivity index (χ3v) is 2.67. The van der Waals surface area contributed by atoms with Crippen molar-refractivity contribution in [1.82, 2.24) is 0 Å². The lowest BCUT2D eigenvalue weighted by molar-refractivity contribution is -0.897. The molecular weight excluding hydrogens is 249 g/mol. The average Bonchev–Trinajstić information content (AvgIpc) is 1.88. The molecule has 11 heavy (non-hydrogen) atoms. The lowest BCUT2D eigenvalue weighted by Crippen LogP contribution is -3.00. The van der Waals surface area contributed by atoms with Crippen LogP contribution in [0.25, 0.3) is 0 Å². The normalized spacial score (nSPS) is 21.0. The smallest absolute Gasteiger partial charge is 0.0884 e. The monoisotopic (exact) mass is 269 g/mol. The van der Waals surface area contributed by atoms with Gasteiger partial charge in [-0.25, -0.2) is 0 Å². The Labute approximate surface area is 87.8 Å². The van der Waals surface area contributed by atoms with E-state index in [0.29, 0.717) is 0 Å². The van der Waals surface area contributed by atoms with Gasteiger partial charge in [0.15, 0.2) is 0 Å². The fraction of sp³-hybridized carbons (Fsp3) is 1.00. The van der Waals surface area contributed by atoms with Crippen molar-refractivity contribution < 1.29 is 28.5 Å². The average molecular weight is 269 g/mol. The molecule has 0 saturated heterocycles. The quantitative estimate of drug-likeness (QED) is 0.424. The molecule has 0 radical (unpaired) electrons. The Morgan fingerprint density at radius 2 is 1.36 bits per heavy atom. The van der Waals surface area contributed by atoms with E-state index in [4.69, 9.17) is 0 Å². The van der Waals surface area contributed by atoms with Crippen molar-refractivity contribution in [2.45, 2.75) is 38.1 Å². The first-order valence-electron chi connectivity index (χ1n) is 4.42. The van der Waals surface area contributed by atoms with Crippen LogP contribution in [0.2, 0.25) is 0 Å². The van der Waals surface area contributed by atoms with E-state index < -0.39 is 0 Å². The van der Waals surface area contributed by atoms with Gasteiger partial charge in [-0.3, -0.25) is 0 Å². The molecule has 0 atom stereocenters. The Morgan fingerprint density at radius 1 is 0.909 bits per heavy atom. The van der Waals surface area contributed by atoms with Crippen LogP contribution in [0.5, 0.6) is 0 Å². The molecule has 0 aliphatic heterocycles. The number of nitrogens with zero attached hydrogens (tertiary/aromatic N) is 1. The summed E-state index contributed by atoms with van der Waals surface area (Å²) >= 11 is 0. The first-order valence-corrected chi connectivity index (χ1v) is 4.42. The molecule has 0 unspecified atom stereocenters. The molecule has 0 heterocycles. The second kappa shape index (κ2) is 4.65. The number of quaternary nitrogens is 1. The zero-order valence-electron chi connectivity index (χ0n) is 7.94. The van der Waals surface area contributed by atoms with E-state index in [1.165, 1.54) is 36.6 Å². The summed E-state index contributed by atoms with van der Waals surface area (Å²) in [5, 5.41) is 0. The number of hydrogen-bond donors (Lipinski definition) is 0. The summed E-state index contributed by atoms with van der Waals surface area (Å²) in [5.41, 5.74) is 0. The van der Waals surface area contributed by atoms with E-state index in [2.05, 4.69) is 21.1 Å². The van der Waals surface area contributed by atoms with E-state index in [1.54, 1.807) is 0 Å². The largest absolute Gasteiger partial charge is 1.00 e. The highest BCUT2D eigenvalue weighted by molar-refractivity contribution is 4.64. The minimum absolute atomic E-state index is 0. The summed E-state index contributed by atoms with van der Waals surface area (Å²) < 4.78 is 1.17. The van der Waals surface area contributed by atoms with Crippen molar-refractivity contribution in [3.05, 3.63) is 0 Å². The zero-order chi connectivity index (χ0) is 7.61. The SMILES string of the molecule is C[N+](C)(C)C1CCCCC1.[I-]. The number of halogens is 1. The van der Waals surface area contributed by atoms with Crippen LogP contribution in [0.3, 0.4) is 0 Å². The van der Waals surface area contributed by atoms with E-state index in [1.807, 2.05) is 0 Å². The fourth-order valence-corrected chi connectivity index (χ4v) is 1.86. The van der Waals surface area contributed by atoms with Gasteiger partial charge in [0.1, 0.15) is 0 Å². The lowest BCUT2D eigenvalue weighted by Gasteiger charge is -2.36. The second-order valence-electron chi connectivity index (χ2n) is 4.41. The van der Waals surface area contributed by atoms with Crippen molar-refractivity contribution in [3.8, 4) is 0 Å². The van der Waals surface area contributed by atoms with Gasteiger partial charge in [-0.05, 0) is 25.7 Å². The molecule has 0 amide bonds. The van der Waals surface area contributed by atoms with Crippen LogP contribution >= 0.6 is 0 Å². The van der Waals surface area contributed by atoms with Crippen LogP contribution in [-0.4, -0.2) is 31.7 Å². The third-order valence-electron chi connectivity index (χ3n) is 2.67. The van der Waals surface area contributed by atoms with Crippen molar-refractivity contribution in [1.29, 1.82) is 0 Å². The van der Waals surface area contributed by atoms with Crippen LogP contribution in [0.15, 0.2) is 0 Å². The number of hydrogen-bond acceptors (Lipinski definition) is 0.